The standard InChI is InChI=1S/C21H21N5O4S/c1-13(27)24-21-25-18(11-6-14-2-7-16(22)8-3-14)19(31-21)20(28)23-12-15-4-9-17(10-5-15)26(29)30/h2-5,7-10H,6,11-12,22H2,1H3,(H,23,28)(H,24,25,27). The first-order valence-corrected chi connectivity index (χ1v) is 10.3. The lowest BCUT2D eigenvalue weighted by atomic mass is 10.1. The van der Waals surface area contributed by atoms with E-state index >= 15 is 0 Å². The molecule has 0 aliphatic heterocycles. The predicted molar refractivity (Wildman–Crippen MR) is 119 cm³/mol. The number of amides is 2. The van der Waals surface area contributed by atoms with Gasteiger partial charge in [-0.05, 0) is 36.1 Å². The van der Waals surface area contributed by atoms with Gasteiger partial charge in [0.25, 0.3) is 11.6 Å². The number of anilines is 2. The Balaban J connectivity index is 1.71. The molecule has 0 bridgehead atoms. The zero-order valence-corrected chi connectivity index (χ0v) is 17.6. The van der Waals surface area contributed by atoms with Gasteiger partial charge in [-0.2, -0.15) is 0 Å². The Hall–Kier alpha value is -3.79. The van der Waals surface area contributed by atoms with Gasteiger partial charge in [-0.3, -0.25) is 19.7 Å². The lowest BCUT2D eigenvalue weighted by Gasteiger charge is -2.06. The van der Waals surface area contributed by atoms with Crippen LogP contribution in [0.1, 0.15) is 33.4 Å². The molecule has 0 aliphatic carbocycles. The number of carbonyl (C=O) groups excluding carboxylic acids is 2. The fraction of sp³-hybridized carbons (Fsp3) is 0.190. The van der Waals surface area contributed by atoms with Gasteiger partial charge in [0.15, 0.2) is 5.13 Å². The second-order valence-corrected chi connectivity index (χ2v) is 7.82. The van der Waals surface area contributed by atoms with Crippen molar-refractivity contribution in [1.29, 1.82) is 0 Å². The first-order chi connectivity index (χ1) is 14.8. The number of nitro benzene ring substituents is 1. The molecule has 0 saturated heterocycles. The van der Waals surface area contributed by atoms with Gasteiger partial charge in [-0.15, -0.1) is 0 Å². The number of aryl methyl sites for hydroxylation is 2. The molecule has 10 heteroatoms. The number of hydrogen-bond donors (Lipinski definition) is 3. The smallest absolute Gasteiger partial charge is 0.269 e. The topological polar surface area (TPSA) is 140 Å². The molecule has 2 amide bonds. The van der Waals surface area contributed by atoms with Crippen molar-refractivity contribution in [2.24, 2.45) is 0 Å². The van der Waals surface area contributed by atoms with Gasteiger partial charge in [-0.1, -0.05) is 35.6 Å². The third-order valence-corrected chi connectivity index (χ3v) is 5.43. The fourth-order valence-corrected chi connectivity index (χ4v) is 3.82. The van der Waals surface area contributed by atoms with E-state index < -0.39 is 4.92 Å². The number of aromatic nitrogens is 1. The van der Waals surface area contributed by atoms with Crippen LogP contribution >= 0.6 is 11.3 Å². The normalized spacial score (nSPS) is 10.5. The number of hydrogen-bond acceptors (Lipinski definition) is 7. The molecule has 0 aliphatic rings. The molecule has 3 aromatic rings. The summed E-state index contributed by atoms with van der Waals surface area (Å²) in [7, 11) is 0. The third kappa shape index (κ3) is 6.09. The van der Waals surface area contributed by atoms with Crippen LogP contribution in [0, 0.1) is 10.1 Å². The number of nitrogen functional groups attached to an aromatic ring is 1. The van der Waals surface area contributed by atoms with Crippen LogP contribution in [0.5, 0.6) is 0 Å². The minimum absolute atomic E-state index is 0.0116. The third-order valence-electron chi connectivity index (χ3n) is 4.42. The molecule has 0 atom stereocenters. The summed E-state index contributed by atoms with van der Waals surface area (Å²) in [6.45, 7) is 1.59. The highest BCUT2D eigenvalue weighted by Crippen LogP contribution is 2.25. The van der Waals surface area contributed by atoms with Crippen LogP contribution in [-0.4, -0.2) is 21.7 Å². The molecule has 0 radical (unpaired) electrons. The predicted octanol–water partition coefficient (Wildman–Crippen LogP) is 3.31. The van der Waals surface area contributed by atoms with Crippen molar-refractivity contribution in [3.8, 4) is 0 Å². The first-order valence-electron chi connectivity index (χ1n) is 9.45. The van der Waals surface area contributed by atoms with Crippen LogP contribution in [0.3, 0.4) is 0 Å². The quantitative estimate of drug-likeness (QED) is 0.279. The van der Waals surface area contributed by atoms with Crippen LogP contribution in [0.25, 0.3) is 0 Å². The zero-order chi connectivity index (χ0) is 22.4. The average molecular weight is 439 g/mol. The molecule has 4 N–H and O–H groups in total. The van der Waals surface area contributed by atoms with E-state index in [9.17, 15) is 19.7 Å². The molecule has 0 unspecified atom stereocenters. The fourth-order valence-electron chi connectivity index (χ4n) is 2.85. The largest absolute Gasteiger partial charge is 0.399 e. The summed E-state index contributed by atoms with van der Waals surface area (Å²) in [6, 6.07) is 13.4. The number of non-ortho nitro benzene ring substituents is 1. The summed E-state index contributed by atoms with van der Waals surface area (Å²) in [6.07, 6.45) is 1.17. The van der Waals surface area contributed by atoms with E-state index in [0.717, 1.165) is 22.5 Å². The van der Waals surface area contributed by atoms with Crippen LogP contribution in [0.2, 0.25) is 0 Å². The molecule has 160 valence electrons. The maximum Gasteiger partial charge on any atom is 0.269 e. The minimum Gasteiger partial charge on any atom is -0.399 e. The molecular weight excluding hydrogens is 418 g/mol. The summed E-state index contributed by atoms with van der Waals surface area (Å²) in [5.74, 6) is -0.587. The van der Waals surface area contributed by atoms with Gasteiger partial charge in [0.05, 0.1) is 10.6 Å². The number of benzene rings is 2. The van der Waals surface area contributed by atoms with E-state index in [1.165, 1.54) is 19.1 Å². The van der Waals surface area contributed by atoms with Crippen LogP contribution in [0.15, 0.2) is 48.5 Å². The molecule has 1 aromatic heterocycles. The average Bonchev–Trinajstić information content (AvgIpc) is 3.14. The van der Waals surface area contributed by atoms with Gasteiger partial charge in [0, 0.05) is 31.3 Å². The maximum absolute atomic E-state index is 12.8. The molecule has 0 spiro atoms. The zero-order valence-electron chi connectivity index (χ0n) is 16.8. The van der Waals surface area contributed by atoms with Crippen LogP contribution in [-0.2, 0) is 24.2 Å². The monoisotopic (exact) mass is 439 g/mol. The summed E-state index contributed by atoms with van der Waals surface area (Å²) in [4.78, 5) is 39.3. The Morgan fingerprint density at radius 1 is 1.06 bits per heavy atom. The molecule has 2 aromatic carbocycles. The van der Waals surface area contributed by atoms with Crippen LogP contribution in [0.4, 0.5) is 16.5 Å². The van der Waals surface area contributed by atoms with Crippen molar-refractivity contribution in [2.75, 3.05) is 11.1 Å². The van der Waals surface area contributed by atoms with E-state index in [4.69, 9.17) is 5.73 Å². The Kier molecular flexibility index (Phi) is 6.93. The van der Waals surface area contributed by atoms with Crippen molar-refractivity contribution in [3.63, 3.8) is 0 Å². The maximum atomic E-state index is 12.8. The highest BCUT2D eigenvalue weighted by molar-refractivity contribution is 7.17. The minimum atomic E-state index is -0.476. The molecule has 0 saturated carbocycles. The molecular formula is C21H21N5O4S. The summed E-state index contributed by atoms with van der Waals surface area (Å²) < 4.78 is 0. The number of nitrogens with zero attached hydrogens (tertiary/aromatic N) is 2. The highest BCUT2D eigenvalue weighted by Gasteiger charge is 2.19. The Morgan fingerprint density at radius 3 is 2.32 bits per heavy atom. The SMILES string of the molecule is CC(=O)Nc1nc(CCc2ccc(N)cc2)c(C(=O)NCc2ccc([N+](=O)[O-])cc2)s1. The lowest BCUT2D eigenvalue weighted by Crippen LogP contribution is -2.23. The molecule has 0 fully saturated rings. The first kappa shape index (κ1) is 21.9. The van der Waals surface area contributed by atoms with Gasteiger partial charge in [0.2, 0.25) is 5.91 Å². The number of thiazole rings is 1. The van der Waals surface area contributed by atoms with Gasteiger partial charge in [0.1, 0.15) is 4.88 Å². The number of rotatable bonds is 8. The summed E-state index contributed by atoms with van der Waals surface area (Å²) in [5.41, 5.74) is 8.76. The van der Waals surface area contributed by atoms with Crippen molar-refractivity contribution >= 4 is 39.7 Å². The second-order valence-electron chi connectivity index (χ2n) is 6.82. The molecule has 3 rings (SSSR count). The molecule has 31 heavy (non-hydrogen) atoms. The number of nitrogens with two attached hydrogens (primary N) is 1. The summed E-state index contributed by atoms with van der Waals surface area (Å²) >= 11 is 1.11. The Labute approximate surface area is 182 Å². The van der Waals surface area contributed by atoms with Crippen LogP contribution < -0.4 is 16.4 Å². The Bertz CT molecular complexity index is 1090. The van der Waals surface area contributed by atoms with E-state index in [1.54, 1.807) is 12.1 Å². The van der Waals surface area contributed by atoms with Crippen molar-refractivity contribution in [3.05, 3.63) is 80.3 Å². The van der Waals surface area contributed by atoms with E-state index in [0.29, 0.717) is 34.2 Å². The number of nitro groups is 1. The number of carbonyl (C=O) groups is 2. The lowest BCUT2D eigenvalue weighted by molar-refractivity contribution is -0.384. The highest BCUT2D eigenvalue weighted by atomic mass is 32.1. The van der Waals surface area contributed by atoms with Crippen molar-refractivity contribution in [2.45, 2.75) is 26.3 Å². The summed E-state index contributed by atoms with van der Waals surface area (Å²) in [5, 5.41) is 16.5. The van der Waals surface area contributed by atoms with Crippen molar-refractivity contribution < 1.29 is 14.5 Å². The Morgan fingerprint density at radius 2 is 1.71 bits per heavy atom. The van der Waals surface area contributed by atoms with E-state index in [1.807, 2.05) is 24.3 Å². The molecule has 9 nitrogen and oxygen atoms in total. The number of nitrogens with one attached hydrogen (secondary N) is 2. The van der Waals surface area contributed by atoms with E-state index in [-0.39, 0.29) is 24.0 Å². The van der Waals surface area contributed by atoms with E-state index in [2.05, 4.69) is 15.6 Å². The van der Waals surface area contributed by atoms with Crippen molar-refractivity contribution in [1.82, 2.24) is 10.3 Å². The van der Waals surface area contributed by atoms with Gasteiger partial charge >= 0.3 is 0 Å². The van der Waals surface area contributed by atoms with Gasteiger partial charge < -0.3 is 16.4 Å². The van der Waals surface area contributed by atoms with Gasteiger partial charge in [-0.25, -0.2) is 4.98 Å². The second kappa shape index (κ2) is 9.81. The molecule has 1 heterocycles.